The van der Waals surface area contributed by atoms with Crippen LogP contribution >= 0.6 is 0 Å². The number of ether oxygens (including phenoxy) is 1. The molecule has 1 fully saturated rings. The van der Waals surface area contributed by atoms with E-state index in [-0.39, 0.29) is 6.09 Å². The molecule has 4 nitrogen and oxygen atoms in total. The lowest BCUT2D eigenvalue weighted by atomic mass is 9.84. The van der Waals surface area contributed by atoms with Gasteiger partial charge in [0.1, 0.15) is 5.60 Å². The third kappa shape index (κ3) is 7.41. The Morgan fingerprint density at radius 2 is 1.79 bits per heavy atom. The summed E-state index contributed by atoms with van der Waals surface area (Å²) in [6.07, 6.45) is 6.20. The number of alkyl carbamates (subject to hydrolysis) is 1. The first-order valence-electron chi connectivity index (χ1n) is 7.61. The van der Waals surface area contributed by atoms with Crippen LogP contribution in [0.5, 0.6) is 0 Å². The minimum Gasteiger partial charge on any atom is -0.444 e. The number of nitrogens with one attached hydrogen (secondary N) is 2. The highest BCUT2D eigenvalue weighted by molar-refractivity contribution is 5.67. The van der Waals surface area contributed by atoms with E-state index >= 15 is 0 Å². The Bertz CT molecular complexity index is 266. The first-order chi connectivity index (χ1) is 8.90. The highest BCUT2D eigenvalue weighted by Gasteiger charge is 2.19. The Balaban J connectivity index is 2.04. The second kappa shape index (κ2) is 7.73. The first kappa shape index (κ1) is 16.3. The molecule has 0 unspecified atom stereocenters. The maximum Gasteiger partial charge on any atom is 0.407 e. The zero-order valence-electron chi connectivity index (χ0n) is 12.9. The van der Waals surface area contributed by atoms with Gasteiger partial charge in [-0.1, -0.05) is 13.3 Å². The van der Waals surface area contributed by atoms with Crippen LogP contribution in [0.1, 0.15) is 59.8 Å². The van der Waals surface area contributed by atoms with E-state index in [4.69, 9.17) is 4.74 Å². The van der Waals surface area contributed by atoms with Crippen molar-refractivity contribution in [1.82, 2.24) is 10.6 Å². The lowest BCUT2D eigenvalue weighted by molar-refractivity contribution is 0.0527. The van der Waals surface area contributed by atoms with Gasteiger partial charge in [0.15, 0.2) is 0 Å². The van der Waals surface area contributed by atoms with Crippen LogP contribution in [-0.2, 0) is 4.74 Å². The molecule has 0 atom stereocenters. The van der Waals surface area contributed by atoms with Crippen molar-refractivity contribution in [1.29, 1.82) is 0 Å². The number of hydrogen-bond donors (Lipinski definition) is 2. The van der Waals surface area contributed by atoms with Crippen molar-refractivity contribution in [2.24, 2.45) is 5.92 Å². The third-order valence-corrected chi connectivity index (χ3v) is 3.65. The summed E-state index contributed by atoms with van der Waals surface area (Å²) in [6.45, 7) is 9.34. The summed E-state index contributed by atoms with van der Waals surface area (Å²) < 4.78 is 5.18. The van der Waals surface area contributed by atoms with Crippen LogP contribution in [-0.4, -0.2) is 30.8 Å². The van der Waals surface area contributed by atoms with Gasteiger partial charge in [-0.05, 0) is 52.4 Å². The molecule has 1 amide bonds. The average Bonchev–Trinajstić information content (AvgIpc) is 2.33. The molecule has 112 valence electrons. The van der Waals surface area contributed by atoms with Crippen LogP contribution in [0.3, 0.4) is 0 Å². The van der Waals surface area contributed by atoms with E-state index in [0.29, 0.717) is 12.6 Å². The van der Waals surface area contributed by atoms with Crippen molar-refractivity contribution in [3.8, 4) is 0 Å². The van der Waals surface area contributed by atoms with Gasteiger partial charge in [0.25, 0.3) is 0 Å². The molecule has 0 saturated heterocycles. The van der Waals surface area contributed by atoms with E-state index in [9.17, 15) is 4.79 Å². The Morgan fingerprint density at radius 1 is 1.16 bits per heavy atom. The second-order valence-electron chi connectivity index (χ2n) is 6.51. The second-order valence-corrected chi connectivity index (χ2v) is 6.51. The van der Waals surface area contributed by atoms with Crippen molar-refractivity contribution in [3.05, 3.63) is 0 Å². The van der Waals surface area contributed by atoms with E-state index in [1.54, 1.807) is 0 Å². The lowest BCUT2D eigenvalue weighted by Crippen LogP contribution is -2.40. The van der Waals surface area contributed by atoms with E-state index in [2.05, 4.69) is 17.6 Å². The van der Waals surface area contributed by atoms with E-state index < -0.39 is 5.60 Å². The molecule has 1 aliphatic carbocycles. The zero-order valence-corrected chi connectivity index (χ0v) is 12.9. The largest absolute Gasteiger partial charge is 0.444 e. The molecule has 19 heavy (non-hydrogen) atoms. The van der Waals surface area contributed by atoms with Gasteiger partial charge in [-0.15, -0.1) is 0 Å². The van der Waals surface area contributed by atoms with Crippen LogP contribution in [0, 0.1) is 5.92 Å². The Labute approximate surface area is 117 Å². The minimum absolute atomic E-state index is 0.330. The fraction of sp³-hybridized carbons (Fsp3) is 0.933. The molecular formula is C15H30N2O2. The number of carbonyl (C=O) groups excluding carboxylic acids is 1. The van der Waals surface area contributed by atoms with Gasteiger partial charge >= 0.3 is 6.09 Å². The van der Waals surface area contributed by atoms with Gasteiger partial charge < -0.3 is 15.4 Å². The minimum atomic E-state index is -0.421. The molecule has 0 aliphatic heterocycles. The van der Waals surface area contributed by atoms with Crippen molar-refractivity contribution in [2.45, 2.75) is 71.4 Å². The fourth-order valence-corrected chi connectivity index (χ4v) is 2.53. The summed E-state index contributed by atoms with van der Waals surface area (Å²) in [5, 5.41) is 6.29. The molecule has 4 heteroatoms. The number of amides is 1. The molecule has 1 saturated carbocycles. The summed E-state index contributed by atoms with van der Waals surface area (Å²) in [7, 11) is 0. The SMILES string of the molecule is CCC1CCC(NCCNC(=O)OC(C)(C)C)CC1. The van der Waals surface area contributed by atoms with Crippen molar-refractivity contribution < 1.29 is 9.53 Å². The van der Waals surface area contributed by atoms with Gasteiger partial charge in [0.2, 0.25) is 0 Å². The topological polar surface area (TPSA) is 50.4 Å². The zero-order chi connectivity index (χ0) is 14.3. The predicted molar refractivity (Wildman–Crippen MR) is 78.3 cm³/mol. The standard InChI is InChI=1S/C15H30N2O2/c1-5-12-6-8-13(9-7-12)16-10-11-17-14(18)19-15(2,3)4/h12-13,16H,5-11H2,1-4H3,(H,17,18). The Hall–Kier alpha value is -0.770. The van der Waals surface area contributed by atoms with Crippen LogP contribution < -0.4 is 10.6 Å². The number of rotatable bonds is 5. The molecule has 0 heterocycles. The molecule has 0 aromatic heterocycles. The van der Waals surface area contributed by atoms with Crippen molar-refractivity contribution in [3.63, 3.8) is 0 Å². The monoisotopic (exact) mass is 270 g/mol. The van der Waals surface area contributed by atoms with Gasteiger partial charge in [-0.3, -0.25) is 0 Å². The normalized spacial score (nSPS) is 24.0. The summed E-state index contributed by atoms with van der Waals surface area (Å²) in [4.78, 5) is 11.4. The number of hydrogen-bond acceptors (Lipinski definition) is 3. The highest BCUT2D eigenvalue weighted by Crippen LogP contribution is 2.26. The molecule has 0 aromatic rings. The van der Waals surface area contributed by atoms with Gasteiger partial charge in [0, 0.05) is 19.1 Å². The van der Waals surface area contributed by atoms with Gasteiger partial charge in [-0.2, -0.15) is 0 Å². The average molecular weight is 270 g/mol. The maximum atomic E-state index is 11.4. The molecule has 0 aromatic carbocycles. The predicted octanol–water partition coefficient (Wildman–Crippen LogP) is 3.07. The molecule has 0 spiro atoms. The van der Waals surface area contributed by atoms with Crippen LogP contribution in [0.4, 0.5) is 4.79 Å². The molecule has 0 radical (unpaired) electrons. The van der Waals surface area contributed by atoms with Crippen LogP contribution in [0.15, 0.2) is 0 Å². The Morgan fingerprint density at radius 3 is 2.32 bits per heavy atom. The van der Waals surface area contributed by atoms with E-state index in [1.165, 1.54) is 32.1 Å². The number of carbonyl (C=O) groups is 1. The molecular weight excluding hydrogens is 240 g/mol. The Kier molecular flexibility index (Phi) is 6.63. The van der Waals surface area contributed by atoms with E-state index in [1.807, 2.05) is 20.8 Å². The van der Waals surface area contributed by atoms with Crippen LogP contribution in [0.25, 0.3) is 0 Å². The van der Waals surface area contributed by atoms with E-state index in [0.717, 1.165) is 12.5 Å². The summed E-state index contributed by atoms with van der Waals surface area (Å²) in [6, 6.07) is 0.628. The third-order valence-electron chi connectivity index (χ3n) is 3.65. The first-order valence-corrected chi connectivity index (χ1v) is 7.61. The van der Waals surface area contributed by atoms with Gasteiger partial charge in [-0.25, -0.2) is 4.79 Å². The maximum absolute atomic E-state index is 11.4. The highest BCUT2D eigenvalue weighted by atomic mass is 16.6. The summed E-state index contributed by atoms with van der Waals surface area (Å²) >= 11 is 0. The quantitative estimate of drug-likeness (QED) is 0.755. The fourth-order valence-electron chi connectivity index (χ4n) is 2.53. The molecule has 0 bridgehead atoms. The van der Waals surface area contributed by atoms with Crippen LogP contribution in [0.2, 0.25) is 0 Å². The molecule has 1 rings (SSSR count). The van der Waals surface area contributed by atoms with Gasteiger partial charge in [0.05, 0.1) is 0 Å². The summed E-state index contributed by atoms with van der Waals surface area (Å²) in [5.74, 6) is 0.929. The molecule has 2 N–H and O–H groups in total. The summed E-state index contributed by atoms with van der Waals surface area (Å²) in [5.41, 5.74) is -0.421. The van der Waals surface area contributed by atoms with Crippen molar-refractivity contribution >= 4 is 6.09 Å². The van der Waals surface area contributed by atoms with Crippen molar-refractivity contribution in [2.75, 3.05) is 13.1 Å². The lowest BCUT2D eigenvalue weighted by Gasteiger charge is -2.28. The molecule has 1 aliphatic rings. The smallest absolute Gasteiger partial charge is 0.407 e.